The van der Waals surface area contributed by atoms with Gasteiger partial charge in [0, 0.05) is 10.6 Å². The largest absolute Gasteiger partial charge is 0.207 e. The Morgan fingerprint density at radius 1 is 1.13 bits per heavy atom. The average molecular weight is 240 g/mol. The lowest BCUT2D eigenvalue weighted by molar-refractivity contribution is 0.628. The molecule has 2 rings (SSSR count). The molecule has 0 fully saturated rings. The van der Waals surface area contributed by atoms with Gasteiger partial charge >= 0.3 is 0 Å². The van der Waals surface area contributed by atoms with Crippen molar-refractivity contribution >= 4 is 23.2 Å². The summed E-state index contributed by atoms with van der Waals surface area (Å²) in [5, 5.41) is 0.980. The summed E-state index contributed by atoms with van der Waals surface area (Å²) in [5.41, 5.74) is 1.34. The van der Waals surface area contributed by atoms with Crippen LogP contribution in [0, 0.1) is 11.9 Å². The van der Waals surface area contributed by atoms with Crippen LogP contribution in [0.2, 0.25) is 10.0 Å². The highest BCUT2D eigenvalue weighted by molar-refractivity contribution is 6.36. The molecule has 0 saturated heterocycles. The second-order valence-corrected chi connectivity index (χ2v) is 3.89. The van der Waals surface area contributed by atoms with Crippen molar-refractivity contribution in [2.24, 2.45) is 0 Å². The van der Waals surface area contributed by atoms with E-state index in [2.05, 4.69) is 6.07 Å². The fourth-order valence-electron chi connectivity index (χ4n) is 1.31. The predicted octanol–water partition coefficient (Wildman–Crippen LogP) is 4.60. The van der Waals surface area contributed by atoms with E-state index in [9.17, 15) is 4.39 Å². The summed E-state index contributed by atoms with van der Waals surface area (Å²) in [6.07, 6.45) is 0. The highest BCUT2D eigenvalue weighted by Crippen LogP contribution is 2.29. The molecule has 0 nitrogen and oxygen atoms in total. The van der Waals surface area contributed by atoms with E-state index in [1.54, 1.807) is 24.3 Å². The predicted molar refractivity (Wildman–Crippen MR) is 60.7 cm³/mol. The van der Waals surface area contributed by atoms with Crippen LogP contribution in [0.15, 0.2) is 36.4 Å². The van der Waals surface area contributed by atoms with E-state index < -0.39 is 0 Å². The maximum absolute atomic E-state index is 13.0. The molecule has 0 atom stereocenters. The van der Waals surface area contributed by atoms with E-state index in [1.165, 1.54) is 12.1 Å². The molecule has 0 unspecified atom stereocenters. The topological polar surface area (TPSA) is 0 Å². The highest BCUT2D eigenvalue weighted by Gasteiger charge is 2.05. The minimum atomic E-state index is -0.299. The standard InChI is InChI=1S/C12H6Cl2F/c13-9-4-5-11(12(14)7-9)8-2-1-3-10(15)6-8/h1-4,6-7H. The third-order valence-corrected chi connectivity index (χ3v) is 2.49. The van der Waals surface area contributed by atoms with Crippen LogP contribution < -0.4 is 0 Å². The van der Waals surface area contributed by atoms with Crippen molar-refractivity contribution in [1.82, 2.24) is 0 Å². The van der Waals surface area contributed by atoms with Crippen molar-refractivity contribution in [2.45, 2.75) is 0 Å². The second-order valence-electron chi connectivity index (χ2n) is 3.05. The van der Waals surface area contributed by atoms with Crippen LogP contribution in [0.5, 0.6) is 0 Å². The van der Waals surface area contributed by atoms with Crippen LogP contribution in [0.1, 0.15) is 0 Å². The molecule has 15 heavy (non-hydrogen) atoms. The number of hydrogen-bond donors (Lipinski definition) is 0. The summed E-state index contributed by atoms with van der Waals surface area (Å²) < 4.78 is 13.0. The number of rotatable bonds is 1. The van der Waals surface area contributed by atoms with Gasteiger partial charge in [-0.05, 0) is 35.9 Å². The van der Waals surface area contributed by atoms with E-state index in [0.29, 0.717) is 21.2 Å². The van der Waals surface area contributed by atoms with E-state index in [4.69, 9.17) is 23.2 Å². The molecule has 0 spiro atoms. The zero-order valence-corrected chi connectivity index (χ0v) is 9.11. The molecule has 1 radical (unpaired) electrons. The lowest BCUT2D eigenvalue weighted by atomic mass is 10.1. The van der Waals surface area contributed by atoms with E-state index >= 15 is 0 Å². The molecule has 75 valence electrons. The SMILES string of the molecule is Fc1cccc(-c2[c]cc(Cl)cc2Cl)c1. The molecule has 0 amide bonds. The van der Waals surface area contributed by atoms with Crippen molar-refractivity contribution < 1.29 is 4.39 Å². The molecule has 2 aromatic carbocycles. The normalized spacial score (nSPS) is 10.3. The van der Waals surface area contributed by atoms with E-state index in [0.717, 1.165) is 0 Å². The molecule has 2 aromatic rings. The number of halogens is 3. The zero-order chi connectivity index (χ0) is 10.8. The molecular weight excluding hydrogens is 234 g/mol. The molecule has 0 aromatic heterocycles. The van der Waals surface area contributed by atoms with Crippen LogP contribution in [0.25, 0.3) is 11.1 Å². The van der Waals surface area contributed by atoms with Gasteiger partial charge in [-0.25, -0.2) is 4.39 Å². The summed E-state index contributed by atoms with van der Waals surface area (Å²) in [6.45, 7) is 0. The lowest BCUT2D eigenvalue weighted by Gasteiger charge is -2.04. The number of benzene rings is 2. The number of hydrogen-bond acceptors (Lipinski definition) is 0. The highest BCUT2D eigenvalue weighted by atomic mass is 35.5. The Morgan fingerprint density at radius 2 is 1.93 bits per heavy atom. The smallest absolute Gasteiger partial charge is 0.123 e. The first-order valence-electron chi connectivity index (χ1n) is 4.29. The maximum Gasteiger partial charge on any atom is 0.123 e. The third-order valence-electron chi connectivity index (χ3n) is 1.97. The monoisotopic (exact) mass is 239 g/mol. The van der Waals surface area contributed by atoms with Gasteiger partial charge in [-0.1, -0.05) is 35.3 Å². The molecule has 0 saturated carbocycles. The van der Waals surface area contributed by atoms with Gasteiger partial charge in [0.2, 0.25) is 0 Å². The van der Waals surface area contributed by atoms with Gasteiger partial charge in [0.25, 0.3) is 0 Å². The first-order chi connectivity index (χ1) is 7.16. The molecule has 0 heterocycles. The second kappa shape index (κ2) is 4.21. The minimum Gasteiger partial charge on any atom is -0.207 e. The minimum absolute atomic E-state index is 0.299. The Balaban J connectivity index is 2.54. The molecular formula is C12H6Cl2F. The summed E-state index contributed by atoms with van der Waals surface area (Å²) in [6, 6.07) is 12.3. The first-order valence-corrected chi connectivity index (χ1v) is 5.05. The van der Waals surface area contributed by atoms with E-state index in [1.807, 2.05) is 0 Å². The van der Waals surface area contributed by atoms with Crippen molar-refractivity contribution in [3.8, 4) is 11.1 Å². The Bertz CT molecular complexity index is 495. The van der Waals surface area contributed by atoms with Gasteiger partial charge < -0.3 is 0 Å². The Morgan fingerprint density at radius 3 is 2.60 bits per heavy atom. The molecule has 0 aliphatic carbocycles. The van der Waals surface area contributed by atoms with Crippen molar-refractivity contribution in [3.63, 3.8) is 0 Å². The van der Waals surface area contributed by atoms with Gasteiger partial charge in [0.15, 0.2) is 0 Å². The van der Waals surface area contributed by atoms with Crippen LogP contribution >= 0.6 is 23.2 Å². The molecule has 0 bridgehead atoms. The van der Waals surface area contributed by atoms with Gasteiger partial charge in [0.05, 0.1) is 5.02 Å². The van der Waals surface area contributed by atoms with Crippen molar-refractivity contribution in [2.75, 3.05) is 0 Å². The summed E-state index contributed by atoms with van der Waals surface area (Å²) in [5.74, 6) is -0.299. The van der Waals surface area contributed by atoms with Crippen LogP contribution in [-0.2, 0) is 0 Å². The lowest BCUT2D eigenvalue weighted by Crippen LogP contribution is -1.81. The summed E-state index contributed by atoms with van der Waals surface area (Å²) in [4.78, 5) is 0. The first kappa shape index (κ1) is 10.5. The molecule has 0 aliphatic heterocycles. The van der Waals surface area contributed by atoms with Gasteiger partial charge in [-0.15, -0.1) is 0 Å². The van der Waals surface area contributed by atoms with Crippen LogP contribution in [0.3, 0.4) is 0 Å². The molecule has 0 aliphatic rings. The zero-order valence-electron chi connectivity index (χ0n) is 7.60. The van der Waals surface area contributed by atoms with Gasteiger partial charge in [-0.3, -0.25) is 0 Å². The van der Waals surface area contributed by atoms with Gasteiger partial charge in [-0.2, -0.15) is 0 Å². The summed E-state index contributed by atoms with van der Waals surface area (Å²) >= 11 is 11.7. The maximum atomic E-state index is 13.0. The Hall–Kier alpha value is -1.05. The Kier molecular flexibility index (Phi) is 2.94. The van der Waals surface area contributed by atoms with Gasteiger partial charge in [0.1, 0.15) is 5.82 Å². The average Bonchev–Trinajstić information content (AvgIpc) is 2.17. The quantitative estimate of drug-likeness (QED) is 0.683. The molecule has 0 N–H and O–H groups in total. The van der Waals surface area contributed by atoms with E-state index in [-0.39, 0.29) is 5.82 Å². The third kappa shape index (κ3) is 2.31. The Labute approximate surface area is 97.3 Å². The summed E-state index contributed by atoms with van der Waals surface area (Å²) in [7, 11) is 0. The fourth-order valence-corrected chi connectivity index (χ4v) is 1.81. The molecule has 3 heteroatoms. The van der Waals surface area contributed by atoms with Crippen molar-refractivity contribution in [1.29, 1.82) is 0 Å². The fraction of sp³-hybridized carbons (Fsp3) is 0. The van der Waals surface area contributed by atoms with Crippen LogP contribution in [-0.4, -0.2) is 0 Å². The van der Waals surface area contributed by atoms with Crippen molar-refractivity contribution in [3.05, 3.63) is 58.3 Å². The van der Waals surface area contributed by atoms with Crippen LogP contribution in [0.4, 0.5) is 4.39 Å².